The van der Waals surface area contributed by atoms with E-state index < -0.39 is 24.2 Å². The summed E-state index contributed by atoms with van der Waals surface area (Å²) >= 11 is 0. The van der Waals surface area contributed by atoms with Gasteiger partial charge in [-0.3, -0.25) is 4.79 Å². The smallest absolute Gasteiger partial charge is 0.310 e. The van der Waals surface area contributed by atoms with Crippen molar-refractivity contribution in [1.82, 2.24) is 4.90 Å². The Morgan fingerprint density at radius 3 is 2.30 bits per heavy atom. The molecule has 7 rings (SSSR count). The van der Waals surface area contributed by atoms with Crippen molar-refractivity contribution in [2.24, 2.45) is 11.8 Å². The molecule has 1 N–H and O–H groups in total. The highest BCUT2D eigenvalue weighted by Gasteiger charge is 2.55. The lowest BCUT2D eigenvalue weighted by Gasteiger charge is -2.48. The first-order valence-corrected chi connectivity index (χ1v) is 14.6. The maximum atomic E-state index is 13.5. The van der Waals surface area contributed by atoms with Gasteiger partial charge in [-0.1, -0.05) is 0 Å². The second-order valence-corrected chi connectivity index (χ2v) is 11.8. The third-order valence-electron chi connectivity index (χ3n) is 9.29. The van der Waals surface area contributed by atoms with Crippen LogP contribution in [-0.4, -0.2) is 95.1 Å². The second kappa shape index (κ2) is 11.0. The summed E-state index contributed by atoms with van der Waals surface area (Å²) in [6.45, 7) is 2.57. The van der Waals surface area contributed by atoms with E-state index in [1.165, 1.54) is 14.2 Å². The highest BCUT2D eigenvalue weighted by atomic mass is 16.7. The first-order valence-electron chi connectivity index (χ1n) is 14.6. The molecule has 2 aromatic carbocycles. The molecule has 43 heavy (non-hydrogen) atoms. The molecule has 0 bridgehead atoms. The Labute approximate surface area is 249 Å². The molecule has 0 radical (unpaired) electrons. The monoisotopic (exact) mass is 599 g/mol. The number of rotatable bonds is 6. The van der Waals surface area contributed by atoms with Crippen LogP contribution >= 0.6 is 0 Å². The number of carbonyl (C=O) groups excluding carboxylic acids is 1. The van der Waals surface area contributed by atoms with Gasteiger partial charge in [0.2, 0.25) is 12.5 Å². The summed E-state index contributed by atoms with van der Waals surface area (Å²) < 4.78 is 53.4. The summed E-state index contributed by atoms with van der Waals surface area (Å²) in [6, 6.07) is 7.36. The Bertz CT molecular complexity index is 1370. The van der Waals surface area contributed by atoms with Crippen molar-refractivity contribution in [3.63, 3.8) is 0 Å². The molecule has 3 fully saturated rings. The third kappa shape index (κ3) is 4.76. The number of aromatic hydroxyl groups is 1. The van der Waals surface area contributed by atoms with E-state index in [4.69, 9.17) is 42.6 Å². The van der Waals surface area contributed by atoms with Crippen LogP contribution in [0.3, 0.4) is 0 Å². The molecule has 0 amide bonds. The largest absolute Gasteiger partial charge is 0.502 e. The van der Waals surface area contributed by atoms with E-state index in [0.29, 0.717) is 24.5 Å². The Morgan fingerprint density at radius 1 is 0.930 bits per heavy atom. The zero-order valence-corrected chi connectivity index (χ0v) is 24.8. The van der Waals surface area contributed by atoms with Gasteiger partial charge in [0.25, 0.3) is 0 Å². The fraction of sp³-hybridized carbons (Fsp3) is 0.581. The van der Waals surface area contributed by atoms with Crippen LogP contribution in [0.1, 0.15) is 42.1 Å². The van der Waals surface area contributed by atoms with Crippen molar-refractivity contribution in [2.75, 3.05) is 48.3 Å². The lowest BCUT2D eigenvalue weighted by molar-refractivity contribution is -0.330. The van der Waals surface area contributed by atoms with Crippen LogP contribution in [0.2, 0.25) is 0 Å². The Hall–Kier alpha value is -3.29. The molecule has 1 aliphatic carbocycles. The predicted octanol–water partition coefficient (Wildman–Crippen LogP) is 2.94. The Balaban J connectivity index is 1.30. The lowest BCUT2D eigenvalue weighted by atomic mass is 9.66. The third-order valence-corrected chi connectivity index (χ3v) is 9.29. The average Bonchev–Trinajstić information content (AvgIpc) is 3.62. The van der Waals surface area contributed by atoms with Gasteiger partial charge in [0.1, 0.15) is 12.2 Å². The highest BCUT2D eigenvalue weighted by Crippen LogP contribution is 2.57. The molecule has 4 heterocycles. The van der Waals surface area contributed by atoms with Gasteiger partial charge in [-0.2, -0.15) is 0 Å². The summed E-state index contributed by atoms with van der Waals surface area (Å²) in [7, 11) is 6.99. The predicted molar refractivity (Wildman–Crippen MR) is 148 cm³/mol. The molecular weight excluding hydrogens is 562 g/mol. The summed E-state index contributed by atoms with van der Waals surface area (Å²) in [5, 5.41) is 10.6. The van der Waals surface area contributed by atoms with Gasteiger partial charge in [0.15, 0.2) is 35.6 Å². The van der Waals surface area contributed by atoms with Gasteiger partial charge >= 0.3 is 5.97 Å². The minimum absolute atomic E-state index is 0.0387. The maximum absolute atomic E-state index is 13.5. The molecule has 0 aromatic heterocycles. The zero-order valence-electron chi connectivity index (χ0n) is 24.8. The van der Waals surface area contributed by atoms with Crippen LogP contribution in [-0.2, 0) is 28.5 Å². The average molecular weight is 600 g/mol. The van der Waals surface area contributed by atoms with Crippen LogP contribution in [0.25, 0.3) is 0 Å². The van der Waals surface area contributed by atoms with Crippen molar-refractivity contribution in [1.29, 1.82) is 0 Å². The molecule has 12 heteroatoms. The Kier molecular flexibility index (Phi) is 7.29. The number of esters is 1. The fourth-order valence-electron chi connectivity index (χ4n) is 7.25. The molecule has 0 saturated carbocycles. The topological polar surface area (TPSA) is 124 Å². The number of phenols is 1. The number of hydrogen-bond donors (Lipinski definition) is 1. The minimum Gasteiger partial charge on any atom is -0.502 e. The van der Waals surface area contributed by atoms with Crippen molar-refractivity contribution in [2.45, 2.75) is 56.2 Å². The number of fused-ring (bicyclic) bond motifs is 4. The van der Waals surface area contributed by atoms with E-state index >= 15 is 0 Å². The lowest BCUT2D eigenvalue weighted by Crippen LogP contribution is -2.60. The summed E-state index contributed by atoms with van der Waals surface area (Å²) in [5.41, 5.74) is 2.42. The van der Waals surface area contributed by atoms with E-state index in [9.17, 15) is 9.90 Å². The second-order valence-electron chi connectivity index (χ2n) is 11.8. The fourth-order valence-corrected chi connectivity index (χ4v) is 7.25. The van der Waals surface area contributed by atoms with Gasteiger partial charge in [0.05, 0.1) is 39.5 Å². The number of benzene rings is 2. The van der Waals surface area contributed by atoms with Crippen molar-refractivity contribution in [3.8, 4) is 28.7 Å². The van der Waals surface area contributed by atoms with Crippen LogP contribution in [0.5, 0.6) is 28.7 Å². The SMILES string of the molecule is COc1cc([C@@H]2c3cc4c(cc3[C@@H](O[C@H]3C[C@H](N(C)C)[C@@H]5OC(C)OC[C@H]5O3)[C@H]3COC(=O)[C@H]23)OCO4)cc(OC)c1O. The van der Waals surface area contributed by atoms with Gasteiger partial charge in [-0.15, -0.1) is 0 Å². The van der Waals surface area contributed by atoms with Crippen molar-refractivity contribution in [3.05, 3.63) is 41.0 Å². The molecule has 12 nitrogen and oxygen atoms in total. The number of carbonyl (C=O) groups is 1. The first kappa shape index (κ1) is 28.5. The van der Waals surface area contributed by atoms with Gasteiger partial charge in [-0.25, -0.2) is 0 Å². The maximum Gasteiger partial charge on any atom is 0.310 e. The van der Waals surface area contributed by atoms with Crippen LogP contribution < -0.4 is 18.9 Å². The quantitative estimate of drug-likeness (QED) is 0.491. The standard InChI is InChI=1S/C31H37NO11/c1-14-37-12-24-30(41-14)19(32(2)3)10-25(42-24)43-29-17-9-21-20(39-13-40-21)8-16(17)26(27-18(29)11-38-31(27)34)15-6-22(35-4)28(33)23(7-15)36-5/h6-9,14,18-19,24-27,29-30,33H,10-13H2,1-5H3/t14?,18-,19-,24+,25-,26+,27-,29+,30-/m0/s1. The van der Waals surface area contributed by atoms with E-state index in [-0.39, 0.29) is 67.1 Å². The number of hydrogen-bond acceptors (Lipinski definition) is 12. The molecule has 4 aliphatic heterocycles. The van der Waals surface area contributed by atoms with E-state index in [2.05, 4.69) is 4.90 Å². The van der Waals surface area contributed by atoms with Crippen LogP contribution in [0.15, 0.2) is 24.3 Å². The summed E-state index contributed by atoms with van der Waals surface area (Å²) in [5.74, 6) is -0.135. The number of phenolic OH excluding ortho intramolecular Hbond substituents is 1. The molecule has 3 saturated heterocycles. The van der Waals surface area contributed by atoms with Crippen molar-refractivity contribution >= 4 is 5.97 Å². The van der Waals surface area contributed by atoms with Crippen LogP contribution in [0, 0.1) is 11.8 Å². The minimum atomic E-state index is -0.584. The van der Waals surface area contributed by atoms with Crippen LogP contribution in [0.4, 0.5) is 0 Å². The molecule has 0 spiro atoms. The normalized spacial score (nSPS) is 34.3. The summed E-state index contributed by atoms with van der Waals surface area (Å²) in [4.78, 5) is 15.6. The molecule has 1 unspecified atom stereocenters. The van der Waals surface area contributed by atoms with E-state index in [0.717, 1.165) is 16.7 Å². The highest BCUT2D eigenvalue weighted by molar-refractivity contribution is 5.79. The molecule has 232 valence electrons. The number of methoxy groups -OCH3 is 2. The Morgan fingerprint density at radius 2 is 1.63 bits per heavy atom. The zero-order chi connectivity index (χ0) is 30.0. The van der Waals surface area contributed by atoms with E-state index in [1.807, 2.05) is 33.2 Å². The van der Waals surface area contributed by atoms with Gasteiger partial charge in [-0.05, 0) is 62.0 Å². The number of likely N-dealkylation sites (N-methyl/N-ethyl adjacent to an activating group) is 1. The molecule has 9 atom stereocenters. The van der Waals surface area contributed by atoms with Gasteiger partial charge < -0.3 is 52.6 Å². The number of cyclic esters (lactones) is 1. The van der Waals surface area contributed by atoms with Crippen molar-refractivity contribution < 1.29 is 52.5 Å². The molecule has 5 aliphatic rings. The first-order chi connectivity index (χ1) is 20.8. The molecule has 2 aromatic rings. The van der Waals surface area contributed by atoms with Gasteiger partial charge in [0, 0.05) is 24.3 Å². The summed E-state index contributed by atoms with van der Waals surface area (Å²) in [6.07, 6.45) is -1.32. The van der Waals surface area contributed by atoms with E-state index in [1.54, 1.807) is 12.1 Å². The number of nitrogens with zero attached hydrogens (tertiary/aromatic N) is 1. The molecular formula is C31H37NO11. The number of ether oxygens (including phenoxy) is 9.